The average Bonchev–Trinajstić information content (AvgIpc) is 2.83. The van der Waals surface area contributed by atoms with Gasteiger partial charge in [0.25, 0.3) is 0 Å². The summed E-state index contributed by atoms with van der Waals surface area (Å²) in [6.45, 7) is 1.81. The molecule has 18 heavy (non-hydrogen) atoms. The lowest BCUT2D eigenvalue weighted by Crippen LogP contribution is -2.28. The number of benzene rings is 1. The van der Waals surface area contributed by atoms with Crippen molar-refractivity contribution >= 4 is 15.9 Å². The van der Waals surface area contributed by atoms with Crippen LogP contribution in [0, 0.1) is 5.82 Å². The van der Waals surface area contributed by atoms with Crippen molar-refractivity contribution in [2.24, 2.45) is 5.73 Å². The van der Waals surface area contributed by atoms with Crippen molar-refractivity contribution in [3.8, 4) is 5.75 Å². The van der Waals surface area contributed by atoms with Gasteiger partial charge in [0, 0.05) is 12.1 Å². The Hall–Kier alpha value is -1.33. The lowest BCUT2D eigenvalue weighted by Gasteiger charge is -2.21. The fourth-order valence-electron chi connectivity index (χ4n) is 1.58. The highest BCUT2D eigenvalue weighted by molar-refractivity contribution is 9.10. The Morgan fingerprint density at radius 2 is 2.17 bits per heavy atom. The molecule has 2 unspecified atom stereocenters. The molecule has 96 valence electrons. The van der Waals surface area contributed by atoms with Crippen LogP contribution < -0.4 is 10.5 Å². The molecule has 1 heterocycles. The van der Waals surface area contributed by atoms with Crippen LogP contribution >= 0.6 is 15.9 Å². The van der Waals surface area contributed by atoms with Gasteiger partial charge in [0.2, 0.25) is 0 Å². The Morgan fingerprint density at radius 1 is 1.39 bits per heavy atom. The van der Waals surface area contributed by atoms with Crippen LogP contribution in [-0.4, -0.2) is 6.04 Å². The first-order valence-corrected chi connectivity index (χ1v) is 6.28. The Kier molecular flexibility index (Phi) is 4.04. The maximum Gasteiger partial charge on any atom is 0.171 e. The molecule has 0 amide bonds. The van der Waals surface area contributed by atoms with E-state index >= 15 is 0 Å². The molecule has 2 N–H and O–H groups in total. The van der Waals surface area contributed by atoms with Crippen LogP contribution in [0.4, 0.5) is 4.39 Å². The summed E-state index contributed by atoms with van der Waals surface area (Å²) in [6, 6.07) is 7.50. The monoisotopic (exact) mass is 313 g/mol. The van der Waals surface area contributed by atoms with Crippen molar-refractivity contribution in [1.29, 1.82) is 0 Å². The van der Waals surface area contributed by atoms with Gasteiger partial charge in [-0.3, -0.25) is 0 Å². The first-order chi connectivity index (χ1) is 8.58. The molecule has 1 aromatic heterocycles. The number of ether oxygens (including phenoxy) is 1. The minimum atomic E-state index is -0.460. The van der Waals surface area contributed by atoms with Crippen LogP contribution in [0.3, 0.4) is 0 Å². The summed E-state index contributed by atoms with van der Waals surface area (Å²) >= 11 is 3.31. The van der Waals surface area contributed by atoms with E-state index in [1.807, 2.05) is 0 Å². The molecule has 0 aliphatic rings. The van der Waals surface area contributed by atoms with E-state index < -0.39 is 6.10 Å². The fraction of sp³-hybridized carbons (Fsp3) is 0.231. The standard InChI is InChI=1S/C13H13BrFNO2/c1-8(16)13(11-3-2-6-17-11)18-12-7-9(15)4-5-10(12)14/h2-8,13H,16H2,1H3. The van der Waals surface area contributed by atoms with E-state index in [4.69, 9.17) is 14.9 Å². The minimum Gasteiger partial charge on any atom is -0.480 e. The van der Waals surface area contributed by atoms with Gasteiger partial charge in [-0.25, -0.2) is 4.39 Å². The third kappa shape index (κ3) is 2.91. The molecule has 0 spiro atoms. The summed E-state index contributed by atoms with van der Waals surface area (Å²) in [5.74, 6) is 0.644. The van der Waals surface area contributed by atoms with Crippen molar-refractivity contribution in [3.05, 3.63) is 52.6 Å². The van der Waals surface area contributed by atoms with E-state index in [2.05, 4.69) is 15.9 Å². The molecular weight excluding hydrogens is 301 g/mol. The smallest absolute Gasteiger partial charge is 0.171 e. The molecule has 5 heteroatoms. The molecule has 0 aliphatic heterocycles. The van der Waals surface area contributed by atoms with Crippen molar-refractivity contribution in [2.45, 2.75) is 19.1 Å². The number of furan rings is 1. The van der Waals surface area contributed by atoms with Gasteiger partial charge in [0.15, 0.2) is 6.10 Å². The number of halogens is 2. The molecule has 0 aliphatic carbocycles. The van der Waals surface area contributed by atoms with E-state index in [1.165, 1.54) is 12.1 Å². The van der Waals surface area contributed by atoms with Gasteiger partial charge in [0.05, 0.1) is 10.7 Å². The van der Waals surface area contributed by atoms with Crippen molar-refractivity contribution < 1.29 is 13.5 Å². The number of rotatable bonds is 4. The molecule has 1 aromatic carbocycles. The van der Waals surface area contributed by atoms with Gasteiger partial charge in [-0.1, -0.05) is 0 Å². The molecule has 3 nitrogen and oxygen atoms in total. The molecule has 0 fully saturated rings. The predicted molar refractivity (Wildman–Crippen MR) is 69.8 cm³/mol. The Labute approximate surface area is 113 Å². The molecule has 0 bridgehead atoms. The largest absolute Gasteiger partial charge is 0.480 e. The summed E-state index contributed by atoms with van der Waals surface area (Å²) in [7, 11) is 0. The van der Waals surface area contributed by atoms with Crippen molar-refractivity contribution in [2.75, 3.05) is 0 Å². The number of nitrogens with two attached hydrogens (primary N) is 1. The van der Waals surface area contributed by atoms with Gasteiger partial charge in [0.1, 0.15) is 17.3 Å². The Balaban J connectivity index is 2.27. The van der Waals surface area contributed by atoms with E-state index in [0.29, 0.717) is 16.0 Å². The van der Waals surface area contributed by atoms with E-state index in [1.54, 1.807) is 31.4 Å². The molecular formula is C13H13BrFNO2. The zero-order valence-corrected chi connectivity index (χ0v) is 11.4. The molecule has 0 saturated heterocycles. The van der Waals surface area contributed by atoms with Gasteiger partial charge in [-0.05, 0) is 47.1 Å². The summed E-state index contributed by atoms with van der Waals surface area (Å²) in [6.07, 6.45) is 1.09. The quantitative estimate of drug-likeness (QED) is 0.937. The number of hydrogen-bond acceptors (Lipinski definition) is 3. The highest BCUT2D eigenvalue weighted by atomic mass is 79.9. The van der Waals surface area contributed by atoms with Gasteiger partial charge in [-0.15, -0.1) is 0 Å². The topological polar surface area (TPSA) is 48.4 Å². The van der Waals surface area contributed by atoms with Crippen LogP contribution in [0.2, 0.25) is 0 Å². The van der Waals surface area contributed by atoms with Crippen LogP contribution in [0.5, 0.6) is 5.75 Å². The zero-order chi connectivity index (χ0) is 13.1. The van der Waals surface area contributed by atoms with Gasteiger partial charge < -0.3 is 14.9 Å². The second-order valence-corrected chi connectivity index (χ2v) is 4.84. The van der Waals surface area contributed by atoms with E-state index in [0.717, 1.165) is 0 Å². The summed E-state index contributed by atoms with van der Waals surface area (Å²) in [5.41, 5.74) is 5.87. The van der Waals surface area contributed by atoms with Crippen molar-refractivity contribution in [3.63, 3.8) is 0 Å². The summed E-state index contributed by atoms with van der Waals surface area (Å²) in [4.78, 5) is 0. The van der Waals surface area contributed by atoms with Crippen LogP contribution in [0.25, 0.3) is 0 Å². The third-order valence-corrected chi connectivity index (χ3v) is 3.10. The second kappa shape index (κ2) is 5.54. The average molecular weight is 314 g/mol. The molecule has 2 aromatic rings. The second-order valence-electron chi connectivity index (χ2n) is 3.99. The lowest BCUT2D eigenvalue weighted by molar-refractivity contribution is 0.151. The van der Waals surface area contributed by atoms with Crippen molar-refractivity contribution in [1.82, 2.24) is 0 Å². The van der Waals surface area contributed by atoms with Gasteiger partial charge in [-0.2, -0.15) is 0 Å². The first kappa shape index (κ1) is 13.1. The number of hydrogen-bond donors (Lipinski definition) is 1. The highest BCUT2D eigenvalue weighted by Crippen LogP contribution is 2.31. The van der Waals surface area contributed by atoms with Crippen LogP contribution in [0.1, 0.15) is 18.8 Å². The zero-order valence-electron chi connectivity index (χ0n) is 9.77. The predicted octanol–water partition coefficient (Wildman–Crippen LogP) is 3.65. The Bertz CT molecular complexity index is 514. The van der Waals surface area contributed by atoms with E-state index in [-0.39, 0.29) is 11.9 Å². The third-order valence-electron chi connectivity index (χ3n) is 2.45. The summed E-state index contributed by atoms with van der Waals surface area (Å²) in [5, 5.41) is 0. The van der Waals surface area contributed by atoms with Gasteiger partial charge >= 0.3 is 0 Å². The SMILES string of the molecule is CC(N)C(Oc1cc(F)ccc1Br)c1ccco1. The van der Waals surface area contributed by atoms with E-state index in [9.17, 15) is 4.39 Å². The lowest BCUT2D eigenvalue weighted by atomic mass is 10.1. The molecule has 2 atom stereocenters. The Morgan fingerprint density at radius 3 is 2.78 bits per heavy atom. The molecule has 0 saturated carbocycles. The molecule has 2 rings (SSSR count). The fourth-order valence-corrected chi connectivity index (χ4v) is 1.92. The first-order valence-electron chi connectivity index (χ1n) is 5.48. The normalized spacial score (nSPS) is 14.2. The highest BCUT2D eigenvalue weighted by Gasteiger charge is 2.22. The minimum absolute atomic E-state index is 0.286. The molecule has 0 radical (unpaired) electrons. The van der Waals surface area contributed by atoms with Crippen LogP contribution in [-0.2, 0) is 0 Å². The summed E-state index contributed by atoms with van der Waals surface area (Å²) < 4.78 is 24.9. The maximum absolute atomic E-state index is 13.2. The van der Waals surface area contributed by atoms with Crippen LogP contribution in [0.15, 0.2) is 45.5 Å². The maximum atomic E-state index is 13.2.